The van der Waals surface area contributed by atoms with Gasteiger partial charge in [-0.25, -0.2) is 4.68 Å². The Labute approximate surface area is 171 Å². The topological polar surface area (TPSA) is 90.3 Å². The molecule has 0 aliphatic carbocycles. The zero-order valence-corrected chi connectivity index (χ0v) is 16.1. The van der Waals surface area contributed by atoms with Crippen LogP contribution in [0.25, 0.3) is 0 Å². The SMILES string of the molecule is CC1=C(C(=O)Nc2ccc(Cl)cc2)[C@@H](c2ccc3c(c2)OCO3)n2ncnc2N1. The minimum absolute atomic E-state index is 0.179. The normalized spacial score (nSPS) is 17.0. The number of anilines is 2. The molecule has 29 heavy (non-hydrogen) atoms. The van der Waals surface area contributed by atoms with Crippen LogP contribution < -0.4 is 20.1 Å². The van der Waals surface area contributed by atoms with Crippen LogP contribution in [-0.2, 0) is 4.79 Å². The Hall–Kier alpha value is -3.52. The van der Waals surface area contributed by atoms with Crippen molar-refractivity contribution >= 4 is 29.1 Å². The van der Waals surface area contributed by atoms with Crippen molar-refractivity contribution in [2.24, 2.45) is 0 Å². The van der Waals surface area contributed by atoms with Gasteiger partial charge in [0, 0.05) is 16.4 Å². The maximum atomic E-state index is 13.3. The van der Waals surface area contributed by atoms with Crippen molar-refractivity contribution < 1.29 is 14.3 Å². The summed E-state index contributed by atoms with van der Waals surface area (Å²) in [4.78, 5) is 17.5. The van der Waals surface area contributed by atoms with Gasteiger partial charge in [0.05, 0.1) is 5.57 Å². The van der Waals surface area contributed by atoms with Crippen molar-refractivity contribution in [3.8, 4) is 11.5 Å². The van der Waals surface area contributed by atoms with E-state index in [0.29, 0.717) is 39.4 Å². The van der Waals surface area contributed by atoms with E-state index in [1.807, 2.05) is 25.1 Å². The molecule has 1 atom stereocenters. The molecule has 0 saturated carbocycles. The highest BCUT2D eigenvalue weighted by molar-refractivity contribution is 6.30. The van der Waals surface area contributed by atoms with Crippen molar-refractivity contribution in [3.05, 3.63) is 70.6 Å². The summed E-state index contributed by atoms with van der Waals surface area (Å²) in [6, 6.07) is 12.1. The number of amides is 1. The molecule has 3 heterocycles. The van der Waals surface area contributed by atoms with Crippen LogP contribution in [0.3, 0.4) is 0 Å². The average Bonchev–Trinajstić information content (AvgIpc) is 3.36. The fourth-order valence-electron chi connectivity index (χ4n) is 3.51. The summed E-state index contributed by atoms with van der Waals surface area (Å²) in [6.45, 7) is 2.02. The predicted octanol–water partition coefficient (Wildman–Crippen LogP) is 3.59. The summed E-state index contributed by atoms with van der Waals surface area (Å²) in [5.41, 5.74) is 2.70. The van der Waals surface area contributed by atoms with Crippen molar-refractivity contribution in [2.45, 2.75) is 13.0 Å². The largest absolute Gasteiger partial charge is 0.454 e. The van der Waals surface area contributed by atoms with E-state index in [4.69, 9.17) is 21.1 Å². The Morgan fingerprint density at radius 1 is 1.21 bits per heavy atom. The van der Waals surface area contributed by atoms with Gasteiger partial charge in [-0.2, -0.15) is 10.1 Å². The van der Waals surface area contributed by atoms with E-state index in [2.05, 4.69) is 20.7 Å². The van der Waals surface area contributed by atoms with Crippen LogP contribution in [0.1, 0.15) is 18.5 Å². The van der Waals surface area contributed by atoms with Gasteiger partial charge in [0.15, 0.2) is 11.5 Å². The van der Waals surface area contributed by atoms with Crippen LogP contribution in [0.4, 0.5) is 11.6 Å². The summed E-state index contributed by atoms with van der Waals surface area (Å²) in [6.07, 6.45) is 1.45. The van der Waals surface area contributed by atoms with Gasteiger partial charge in [0.1, 0.15) is 12.4 Å². The third-order valence-electron chi connectivity index (χ3n) is 4.85. The minimum atomic E-state index is -0.476. The average molecular weight is 410 g/mol. The lowest BCUT2D eigenvalue weighted by atomic mass is 9.94. The number of ether oxygens (including phenoxy) is 2. The first-order chi connectivity index (χ1) is 14.1. The molecule has 0 spiro atoms. The fraction of sp³-hybridized carbons (Fsp3) is 0.150. The number of aromatic nitrogens is 3. The van der Waals surface area contributed by atoms with Crippen molar-refractivity contribution in [1.29, 1.82) is 0 Å². The molecule has 9 heteroatoms. The first-order valence-electron chi connectivity index (χ1n) is 8.94. The molecule has 3 aromatic rings. The summed E-state index contributed by atoms with van der Waals surface area (Å²) >= 11 is 5.94. The van der Waals surface area contributed by atoms with Crippen LogP contribution in [-0.4, -0.2) is 27.5 Å². The van der Waals surface area contributed by atoms with Crippen molar-refractivity contribution in [3.63, 3.8) is 0 Å². The number of hydrogen-bond acceptors (Lipinski definition) is 6. The smallest absolute Gasteiger partial charge is 0.255 e. The van der Waals surface area contributed by atoms with E-state index in [9.17, 15) is 4.79 Å². The standard InChI is InChI=1S/C20H16ClN5O3/c1-11-17(19(27)25-14-5-3-13(21)4-6-14)18(26-20(24-11)22-9-23-26)12-2-7-15-16(8-12)29-10-28-15/h2-9,18H,10H2,1H3,(H,25,27)(H,22,23,24)/t18-/m1/s1. The molecule has 8 nitrogen and oxygen atoms in total. The molecule has 0 bridgehead atoms. The second kappa shape index (κ2) is 6.82. The zero-order chi connectivity index (χ0) is 20.0. The Balaban J connectivity index is 1.56. The third-order valence-corrected chi connectivity index (χ3v) is 5.11. The number of allylic oxidation sites excluding steroid dienone is 1. The molecule has 0 radical (unpaired) electrons. The lowest BCUT2D eigenvalue weighted by Gasteiger charge is -2.28. The number of fused-ring (bicyclic) bond motifs is 2. The van der Waals surface area contributed by atoms with Gasteiger partial charge >= 0.3 is 0 Å². The van der Waals surface area contributed by atoms with Crippen LogP contribution in [0.2, 0.25) is 5.02 Å². The first-order valence-corrected chi connectivity index (χ1v) is 9.32. The number of rotatable bonds is 3. The molecule has 0 fully saturated rings. The quantitative estimate of drug-likeness (QED) is 0.687. The Kier molecular flexibility index (Phi) is 4.13. The number of carbonyl (C=O) groups excluding carboxylic acids is 1. The van der Waals surface area contributed by atoms with Crippen LogP contribution >= 0.6 is 11.6 Å². The van der Waals surface area contributed by atoms with Gasteiger partial charge in [0.25, 0.3) is 5.91 Å². The van der Waals surface area contributed by atoms with E-state index >= 15 is 0 Å². The summed E-state index contributed by atoms with van der Waals surface area (Å²) in [5, 5.41) is 11.0. The molecule has 1 aromatic heterocycles. The lowest BCUT2D eigenvalue weighted by Crippen LogP contribution is -2.31. The maximum absolute atomic E-state index is 13.3. The van der Waals surface area contributed by atoms with Gasteiger partial charge in [-0.15, -0.1) is 0 Å². The van der Waals surface area contributed by atoms with Gasteiger partial charge in [-0.05, 0) is 48.9 Å². The lowest BCUT2D eigenvalue weighted by molar-refractivity contribution is -0.113. The van der Waals surface area contributed by atoms with Crippen LogP contribution in [0.5, 0.6) is 11.5 Å². The highest BCUT2D eigenvalue weighted by Gasteiger charge is 2.34. The number of nitrogens with one attached hydrogen (secondary N) is 2. The Morgan fingerprint density at radius 2 is 2.00 bits per heavy atom. The first kappa shape index (κ1) is 17.6. The van der Waals surface area contributed by atoms with E-state index in [1.54, 1.807) is 28.9 Å². The number of nitrogens with zero attached hydrogens (tertiary/aromatic N) is 3. The zero-order valence-electron chi connectivity index (χ0n) is 15.3. The summed E-state index contributed by atoms with van der Waals surface area (Å²) < 4.78 is 12.6. The molecule has 2 aliphatic rings. The summed E-state index contributed by atoms with van der Waals surface area (Å²) in [5.74, 6) is 1.63. The molecule has 146 valence electrons. The molecular weight excluding hydrogens is 394 g/mol. The highest BCUT2D eigenvalue weighted by Crippen LogP contribution is 2.40. The van der Waals surface area contributed by atoms with Gasteiger partial charge in [-0.1, -0.05) is 17.7 Å². The van der Waals surface area contributed by atoms with E-state index in [-0.39, 0.29) is 12.7 Å². The van der Waals surface area contributed by atoms with Gasteiger partial charge in [0.2, 0.25) is 12.7 Å². The second-order valence-corrected chi connectivity index (χ2v) is 7.10. The molecule has 0 saturated heterocycles. The Morgan fingerprint density at radius 3 is 2.83 bits per heavy atom. The fourth-order valence-corrected chi connectivity index (χ4v) is 3.63. The summed E-state index contributed by atoms with van der Waals surface area (Å²) in [7, 11) is 0. The molecule has 2 N–H and O–H groups in total. The van der Waals surface area contributed by atoms with Crippen LogP contribution in [0.15, 0.2) is 60.1 Å². The molecule has 2 aromatic carbocycles. The molecular formula is C20H16ClN5O3. The maximum Gasteiger partial charge on any atom is 0.255 e. The van der Waals surface area contributed by atoms with Crippen molar-refractivity contribution in [2.75, 3.05) is 17.4 Å². The monoisotopic (exact) mass is 409 g/mol. The van der Waals surface area contributed by atoms with E-state index in [1.165, 1.54) is 6.33 Å². The number of carbonyl (C=O) groups is 1. The molecule has 2 aliphatic heterocycles. The number of benzene rings is 2. The third kappa shape index (κ3) is 3.07. The van der Waals surface area contributed by atoms with Crippen molar-refractivity contribution in [1.82, 2.24) is 14.8 Å². The number of halogens is 1. The molecule has 5 rings (SSSR count). The predicted molar refractivity (Wildman–Crippen MR) is 107 cm³/mol. The number of hydrogen-bond donors (Lipinski definition) is 2. The van der Waals surface area contributed by atoms with E-state index in [0.717, 1.165) is 5.56 Å². The van der Waals surface area contributed by atoms with Gasteiger partial charge in [-0.3, -0.25) is 4.79 Å². The molecule has 0 unspecified atom stereocenters. The van der Waals surface area contributed by atoms with Crippen LogP contribution in [0, 0.1) is 0 Å². The molecule has 1 amide bonds. The minimum Gasteiger partial charge on any atom is -0.454 e. The van der Waals surface area contributed by atoms with E-state index < -0.39 is 6.04 Å². The second-order valence-electron chi connectivity index (χ2n) is 6.67. The Bertz CT molecular complexity index is 1140. The van der Waals surface area contributed by atoms with Gasteiger partial charge < -0.3 is 20.1 Å². The highest BCUT2D eigenvalue weighted by atomic mass is 35.5.